The van der Waals surface area contributed by atoms with Crippen LogP contribution in [0.2, 0.25) is 10.0 Å². The van der Waals surface area contributed by atoms with Gasteiger partial charge in [0.15, 0.2) is 0 Å². The lowest BCUT2D eigenvalue weighted by atomic mass is 9.94. The molecular formula is C17H28Cl2NO4P. The number of nitrogens with one attached hydrogen (secondary N) is 1. The molecule has 0 aliphatic heterocycles. The molecule has 8 heteroatoms. The lowest BCUT2D eigenvalue weighted by Crippen LogP contribution is -2.37. The van der Waals surface area contributed by atoms with Gasteiger partial charge in [-0.2, -0.15) is 0 Å². The van der Waals surface area contributed by atoms with Crippen LogP contribution in [0.4, 0.5) is 0 Å². The Bertz CT molecular complexity index is 592. The van der Waals surface area contributed by atoms with Gasteiger partial charge in [-0.1, -0.05) is 29.3 Å². The van der Waals surface area contributed by atoms with E-state index in [1.165, 1.54) is 0 Å². The van der Waals surface area contributed by atoms with Crippen molar-refractivity contribution in [1.29, 1.82) is 0 Å². The SMILES string of the molecule is CCOC(OCC)P(=O)(O)CCCNC(C)(C)c1ccc(Cl)c(Cl)c1. The molecule has 0 amide bonds. The number of hydrogen-bond donors (Lipinski definition) is 2. The normalized spacial score (nSPS) is 14.7. The van der Waals surface area contributed by atoms with Crippen LogP contribution < -0.4 is 5.32 Å². The van der Waals surface area contributed by atoms with Crippen molar-refractivity contribution in [2.24, 2.45) is 0 Å². The van der Waals surface area contributed by atoms with Crippen molar-refractivity contribution in [1.82, 2.24) is 5.32 Å². The smallest absolute Gasteiger partial charge is 0.255 e. The third kappa shape index (κ3) is 7.18. The summed E-state index contributed by atoms with van der Waals surface area (Å²) in [5.74, 6) is 0. The van der Waals surface area contributed by atoms with Gasteiger partial charge >= 0.3 is 0 Å². The summed E-state index contributed by atoms with van der Waals surface area (Å²) in [7, 11) is -3.53. The second-order valence-corrected chi connectivity index (χ2v) is 9.43. The molecule has 0 heterocycles. The first-order valence-corrected chi connectivity index (χ1v) is 11.1. The van der Waals surface area contributed by atoms with Gasteiger partial charge in [0.05, 0.1) is 10.0 Å². The van der Waals surface area contributed by atoms with Gasteiger partial charge in [-0.15, -0.1) is 0 Å². The van der Waals surface area contributed by atoms with Crippen molar-refractivity contribution in [3.8, 4) is 0 Å². The van der Waals surface area contributed by atoms with E-state index in [1.54, 1.807) is 19.9 Å². The van der Waals surface area contributed by atoms with Gasteiger partial charge in [0.2, 0.25) is 6.03 Å². The van der Waals surface area contributed by atoms with Crippen LogP contribution in [0.3, 0.4) is 0 Å². The molecule has 0 radical (unpaired) electrons. The Morgan fingerprint density at radius 1 is 1.20 bits per heavy atom. The highest BCUT2D eigenvalue weighted by Gasteiger charge is 2.32. The maximum atomic E-state index is 12.4. The number of halogens is 2. The molecule has 25 heavy (non-hydrogen) atoms. The largest absolute Gasteiger partial charge is 0.345 e. The molecule has 1 rings (SSSR count). The molecular weight excluding hydrogens is 384 g/mol. The molecule has 0 saturated heterocycles. The maximum Gasteiger partial charge on any atom is 0.255 e. The van der Waals surface area contributed by atoms with Crippen LogP contribution in [-0.2, 0) is 19.6 Å². The molecule has 0 fully saturated rings. The average molecular weight is 412 g/mol. The molecule has 0 aliphatic carbocycles. The summed E-state index contributed by atoms with van der Waals surface area (Å²) in [6.07, 6.45) is 0.650. The summed E-state index contributed by atoms with van der Waals surface area (Å²) >= 11 is 12.0. The Kier molecular flexibility index (Phi) is 9.41. The quantitative estimate of drug-likeness (QED) is 0.310. The van der Waals surface area contributed by atoms with E-state index < -0.39 is 13.4 Å². The van der Waals surface area contributed by atoms with Gasteiger partial charge in [-0.05, 0) is 58.4 Å². The van der Waals surface area contributed by atoms with Crippen LogP contribution in [0.25, 0.3) is 0 Å². The highest BCUT2D eigenvalue weighted by atomic mass is 35.5. The molecule has 0 spiro atoms. The second-order valence-electron chi connectivity index (χ2n) is 6.23. The molecule has 0 aliphatic rings. The van der Waals surface area contributed by atoms with Crippen molar-refractivity contribution < 1.29 is 18.9 Å². The van der Waals surface area contributed by atoms with E-state index >= 15 is 0 Å². The first-order chi connectivity index (χ1) is 11.6. The minimum atomic E-state index is -3.53. The van der Waals surface area contributed by atoms with Crippen LogP contribution in [0.1, 0.15) is 39.7 Å². The molecule has 5 nitrogen and oxygen atoms in total. The summed E-state index contributed by atoms with van der Waals surface area (Å²) in [5, 5.41) is 4.40. The van der Waals surface area contributed by atoms with E-state index in [1.807, 2.05) is 26.0 Å². The van der Waals surface area contributed by atoms with Crippen molar-refractivity contribution in [3.05, 3.63) is 33.8 Å². The van der Waals surface area contributed by atoms with Gasteiger partial charge < -0.3 is 19.7 Å². The third-order valence-corrected chi connectivity index (χ3v) is 6.46. The lowest BCUT2D eigenvalue weighted by Gasteiger charge is -2.28. The number of benzene rings is 1. The lowest BCUT2D eigenvalue weighted by molar-refractivity contribution is -0.0871. The van der Waals surface area contributed by atoms with E-state index in [2.05, 4.69) is 5.32 Å². The van der Waals surface area contributed by atoms with Gasteiger partial charge in [0.1, 0.15) is 0 Å². The fourth-order valence-corrected chi connectivity index (χ4v) is 4.25. The van der Waals surface area contributed by atoms with E-state index in [0.29, 0.717) is 36.2 Å². The summed E-state index contributed by atoms with van der Waals surface area (Å²) in [6.45, 7) is 8.82. The van der Waals surface area contributed by atoms with Crippen LogP contribution in [0.15, 0.2) is 18.2 Å². The minimum Gasteiger partial charge on any atom is -0.345 e. The Morgan fingerprint density at radius 3 is 2.32 bits per heavy atom. The summed E-state index contributed by atoms with van der Waals surface area (Å²) < 4.78 is 22.9. The Hall–Kier alpha value is -0.130. The molecule has 0 saturated carbocycles. The number of hydrogen-bond acceptors (Lipinski definition) is 4. The second kappa shape index (κ2) is 10.3. The van der Waals surface area contributed by atoms with E-state index in [-0.39, 0.29) is 11.7 Å². The fraction of sp³-hybridized carbons (Fsp3) is 0.647. The van der Waals surface area contributed by atoms with Crippen LogP contribution >= 0.6 is 30.6 Å². The average Bonchev–Trinajstić information content (AvgIpc) is 2.54. The minimum absolute atomic E-state index is 0.127. The van der Waals surface area contributed by atoms with E-state index in [9.17, 15) is 9.46 Å². The molecule has 0 bridgehead atoms. The molecule has 144 valence electrons. The van der Waals surface area contributed by atoms with E-state index in [0.717, 1.165) is 5.56 Å². The highest BCUT2D eigenvalue weighted by Crippen LogP contribution is 2.47. The zero-order valence-electron chi connectivity index (χ0n) is 15.2. The predicted molar refractivity (Wildman–Crippen MR) is 104 cm³/mol. The molecule has 1 atom stereocenters. The van der Waals surface area contributed by atoms with Crippen LogP contribution in [0.5, 0.6) is 0 Å². The molecule has 0 aromatic heterocycles. The Balaban J connectivity index is 2.57. The summed E-state index contributed by atoms with van der Waals surface area (Å²) in [6, 6.07) is 4.46. The predicted octanol–water partition coefficient (Wildman–Crippen LogP) is 4.84. The van der Waals surface area contributed by atoms with Crippen molar-refractivity contribution >= 4 is 30.6 Å². The highest BCUT2D eigenvalue weighted by molar-refractivity contribution is 7.58. The monoisotopic (exact) mass is 411 g/mol. The van der Waals surface area contributed by atoms with Crippen LogP contribution in [-0.4, -0.2) is 36.8 Å². The first kappa shape index (κ1) is 22.9. The van der Waals surface area contributed by atoms with Crippen molar-refractivity contribution in [2.45, 2.75) is 45.7 Å². The van der Waals surface area contributed by atoms with Crippen molar-refractivity contribution in [3.63, 3.8) is 0 Å². The Morgan fingerprint density at radius 2 is 1.80 bits per heavy atom. The maximum absolute atomic E-state index is 12.4. The molecule has 1 unspecified atom stereocenters. The number of rotatable bonds is 11. The standard InChI is InChI=1S/C17H28Cl2NO4P/c1-5-23-16(24-6-2)25(21,22)11-7-10-20-17(3,4)13-8-9-14(18)15(19)12-13/h8-9,12,16,20H,5-7,10-11H2,1-4H3,(H,21,22). The summed E-state index contributed by atoms with van der Waals surface area (Å²) in [4.78, 5) is 10.2. The zero-order chi connectivity index (χ0) is 19.1. The van der Waals surface area contributed by atoms with Gasteiger partial charge in [-0.3, -0.25) is 4.57 Å². The first-order valence-electron chi connectivity index (χ1n) is 8.39. The molecule has 2 N–H and O–H groups in total. The van der Waals surface area contributed by atoms with Gasteiger partial charge in [0, 0.05) is 24.9 Å². The van der Waals surface area contributed by atoms with E-state index in [4.69, 9.17) is 32.7 Å². The topological polar surface area (TPSA) is 67.8 Å². The van der Waals surface area contributed by atoms with Gasteiger partial charge in [-0.25, -0.2) is 0 Å². The van der Waals surface area contributed by atoms with Crippen molar-refractivity contribution in [2.75, 3.05) is 25.9 Å². The zero-order valence-corrected chi connectivity index (χ0v) is 17.6. The molecule has 1 aromatic carbocycles. The number of ether oxygens (including phenoxy) is 2. The van der Waals surface area contributed by atoms with Crippen LogP contribution in [0, 0.1) is 0 Å². The molecule has 1 aromatic rings. The third-order valence-electron chi connectivity index (χ3n) is 3.81. The van der Waals surface area contributed by atoms with Gasteiger partial charge in [0.25, 0.3) is 7.37 Å². The summed E-state index contributed by atoms with van der Waals surface area (Å²) in [5.41, 5.74) is 0.656. The fourth-order valence-electron chi connectivity index (χ4n) is 2.37. The Labute approximate surface area is 160 Å².